The second-order valence-corrected chi connectivity index (χ2v) is 2.79. The van der Waals surface area contributed by atoms with Crippen molar-refractivity contribution in [3.63, 3.8) is 0 Å². The van der Waals surface area contributed by atoms with Crippen LogP contribution in [0.4, 0.5) is 0 Å². The van der Waals surface area contributed by atoms with E-state index in [0.717, 1.165) is 0 Å². The molecule has 0 aliphatic carbocycles. The number of rotatable bonds is 3. The zero-order chi connectivity index (χ0) is 7.28. The molecule has 1 nitrogen and oxygen atoms in total. The Morgan fingerprint density at radius 2 is 1.78 bits per heavy atom. The van der Waals surface area contributed by atoms with Gasteiger partial charge in [-0.05, 0) is 11.8 Å². The Balaban J connectivity index is 3.43. The fourth-order valence-corrected chi connectivity index (χ4v) is 0.473. The van der Waals surface area contributed by atoms with Crippen LogP contribution in [0.2, 0.25) is 0 Å². The van der Waals surface area contributed by atoms with Crippen LogP contribution in [-0.2, 0) is 0 Å². The van der Waals surface area contributed by atoms with E-state index in [-0.39, 0.29) is 6.61 Å². The summed E-state index contributed by atoms with van der Waals surface area (Å²) in [4.78, 5) is 0. The molecule has 54 valence electrons. The van der Waals surface area contributed by atoms with Crippen LogP contribution < -0.4 is 0 Å². The van der Waals surface area contributed by atoms with Crippen LogP contribution in [-0.4, -0.2) is 11.7 Å². The molecular weight excluding hydrogens is 112 g/mol. The Kier molecular flexibility index (Phi) is 4.41. The predicted molar refractivity (Wildman–Crippen MR) is 40.2 cm³/mol. The van der Waals surface area contributed by atoms with E-state index in [9.17, 15) is 0 Å². The minimum absolute atomic E-state index is 0.253. The van der Waals surface area contributed by atoms with Crippen LogP contribution >= 0.6 is 0 Å². The molecule has 0 spiro atoms. The van der Waals surface area contributed by atoms with Crippen molar-refractivity contribution < 1.29 is 5.11 Å². The number of aliphatic hydroxyl groups excluding tert-OH is 1. The topological polar surface area (TPSA) is 20.2 Å². The molecule has 0 radical (unpaired) electrons. The predicted octanol–water partition coefficient (Wildman–Crippen LogP) is 1.83. The molecule has 0 aliphatic rings. The van der Waals surface area contributed by atoms with Gasteiger partial charge >= 0.3 is 0 Å². The van der Waals surface area contributed by atoms with E-state index in [0.29, 0.717) is 11.8 Å². The summed E-state index contributed by atoms with van der Waals surface area (Å²) >= 11 is 0. The molecule has 0 rings (SSSR count). The summed E-state index contributed by atoms with van der Waals surface area (Å²) in [5.41, 5.74) is 0. The van der Waals surface area contributed by atoms with E-state index < -0.39 is 0 Å². The highest BCUT2D eigenvalue weighted by Gasteiger charge is 1.91. The van der Waals surface area contributed by atoms with Crippen LogP contribution in [0.3, 0.4) is 0 Å². The van der Waals surface area contributed by atoms with Gasteiger partial charge in [0.2, 0.25) is 0 Å². The quantitative estimate of drug-likeness (QED) is 0.575. The third-order valence-corrected chi connectivity index (χ3v) is 1.11. The Hall–Kier alpha value is -0.300. The first kappa shape index (κ1) is 8.70. The van der Waals surface area contributed by atoms with E-state index >= 15 is 0 Å². The standard InChI is InChI=1S/C8H16O/c1-7(2)4-5-8(3)6-9/h4-5,7-9H,6H2,1-3H3/t8-/m0/s1. The SMILES string of the molecule is CC(C)C=C[C@H](C)CO. The first-order valence-corrected chi connectivity index (χ1v) is 3.46. The van der Waals surface area contributed by atoms with Gasteiger partial charge in [0.25, 0.3) is 0 Å². The van der Waals surface area contributed by atoms with Gasteiger partial charge in [0, 0.05) is 6.61 Å². The van der Waals surface area contributed by atoms with Crippen molar-refractivity contribution in [1.29, 1.82) is 0 Å². The third-order valence-electron chi connectivity index (χ3n) is 1.11. The van der Waals surface area contributed by atoms with Crippen molar-refractivity contribution in [1.82, 2.24) is 0 Å². The summed E-state index contributed by atoms with van der Waals surface area (Å²) in [6, 6.07) is 0. The molecule has 0 bridgehead atoms. The summed E-state index contributed by atoms with van der Waals surface area (Å²) in [5, 5.41) is 8.60. The molecule has 1 heteroatoms. The molecule has 1 atom stereocenters. The maximum Gasteiger partial charge on any atom is 0.0491 e. The lowest BCUT2D eigenvalue weighted by atomic mass is 10.1. The molecule has 0 unspecified atom stereocenters. The van der Waals surface area contributed by atoms with Crippen LogP contribution in [0.5, 0.6) is 0 Å². The number of hydrogen-bond donors (Lipinski definition) is 1. The molecule has 0 aromatic carbocycles. The van der Waals surface area contributed by atoms with E-state index in [1.54, 1.807) is 0 Å². The molecule has 0 saturated heterocycles. The van der Waals surface area contributed by atoms with Gasteiger partial charge in [-0.1, -0.05) is 32.9 Å². The lowest BCUT2D eigenvalue weighted by Crippen LogP contribution is -1.95. The highest BCUT2D eigenvalue weighted by Crippen LogP contribution is 1.99. The minimum Gasteiger partial charge on any atom is -0.396 e. The third kappa shape index (κ3) is 5.57. The normalized spacial score (nSPS) is 15.2. The smallest absolute Gasteiger partial charge is 0.0491 e. The van der Waals surface area contributed by atoms with Crippen LogP contribution in [0.25, 0.3) is 0 Å². The lowest BCUT2D eigenvalue weighted by molar-refractivity contribution is 0.261. The molecule has 0 saturated carbocycles. The Bertz CT molecular complexity index is 84.6. The maximum absolute atomic E-state index is 8.60. The monoisotopic (exact) mass is 128 g/mol. The minimum atomic E-state index is 0.253. The summed E-state index contributed by atoms with van der Waals surface area (Å²) in [6.07, 6.45) is 4.16. The summed E-state index contributed by atoms with van der Waals surface area (Å²) in [5.74, 6) is 0.909. The molecule has 0 fully saturated rings. The van der Waals surface area contributed by atoms with Crippen LogP contribution in [0.15, 0.2) is 12.2 Å². The summed E-state index contributed by atoms with van der Waals surface area (Å²) < 4.78 is 0. The van der Waals surface area contributed by atoms with Gasteiger partial charge < -0.3 is 5.11 Å². The Morgan fingerprint density at radius 1 is 1.22 bits per heavy atom. The van der Waals surface area contributed by atoms with Crippen molar-refractivity contribution >= 4 is 0 Å². The second-order valence-electron chi connectivity index (χ2n) is 2.79. The van der Waals surface area contributed by atoms with Crippen molar-refractivity contribution in [2.45, 2.75) is 20.8 Å². The van der Waals surface area contributed by atoms with E-state index in [1.807, 2.05) is 13.0 Å². The molecule has 9 heavy (non-hydrogen) atoms. The first-order chi connectivity index (χ1) is 4.16. The average molecular weight is 128 g/mol. The molecule has 0 aliphatic heterocycles. The molecule has 0 heterocycles. The Morgan fingerprint density at radius 3 is 2.11 bits per heavy atom. The van der Waals surface area contributed by atoms with E-state index in [1.165, 1.54) is 0 Å². The highest BCUT2D eigenvalue weighted by molar-refractivity contribution is 4.88. The van der Waals surface area contributed by atoms with Crippen molar-refractivity contribution in [2.75, 3.05) is 6.61 Å². The Labute approximate surface area is 57.4 Å². The molecule has 0 aromatic rings. The zero-order valence-corrected chi connectivity index (χ0v) is 6.46. The van der Waals surface area contributed by atoms with Crippen molar-refractivity contribution in [3.8, 4) is 0 Å². The average Bonchev–Trinajstić information content (AvgIpc) is 1.83. The highest BCUT2D eigenvalue weighted by atomic mass is 16.3. The van der Waals surface area contributed by atoms with Crippen molar-refractivity contribution in [3.05, 3.63) is 12.2 Å². The van der Waals surface area contributed by atoms with Gasteiger partial charge in [0.1, 0.15) is 0 Å². The molecular formula is C8H16O. The van der Waals surface area contributed by atoms with E-state index in [2.05, 4.69) is 19.9 Å². The number of hydrogen-bond acceptors (Lipinski definition) is 1. The van der Waals surface area contributed by atoms with Gasteiger partial charge in [-0.15, -0.1) is 0 Å². The maximum atomic E-state index is 8.60. The number of aliphatic hydroxyl groups is 1. The molecule has 0 amide bonds. The fourth-order valence-electron chi connectivity index (χ4n) is 0.473. The van der Waals surface area contributed by atoms with Crippen LogP contribution in [0.1, 0.15) is 20.8 Å². The largest absolute Gasteiger partial charge is 0.396 e. The summed E-state index contributed by atoms with van der Waals surface area (Å²) in [6.45, 7) is 6.50. The lowest BCUT2D eigenvalue weighted by Gasteiger charge is -1.99. The molecule has 0 aromatic heterocycles. The zero-order valence-electron chi connectivity index (χ0n) is 6.46. The van der Waals surface area contributed by atoms with Crippen molar-refractivity contribution in [2.24, 2.45) is 11.8 Å². The van der Waals surface area contributed by atoms with Gasteiger partial charge in [0.15, 0.2) is 0 Å². The number of allylic oxidation sites excluding steroid dienone is 1. The second kappa shape index (κ2) is 4.57. The van der Waals surface area contributed by atoms with Gasteiger partial charge in [-0.25, -0.2) is 0 Å². The molecule has 1 N–H and O–H groups in total. The van der Waals surface area contributed by atoms with Gasteiger partial charge in [-0.2, -0.15) is 0 Å². The van der Waals surface area contributed by atoms with Crippen LogP contribution in [0, 0.1) is 11.8 Å². The first-order valence-electron chi connectivity index (χ1n) is 3.46. The fraction of sp³-hybridized carbons (Fsp3) is 0.750. The van der Waals surface area contributed by atoms with Gasteiger partial charge in [0.05, 0.1) is 0 Å². The van der Waals surface area contributed by atoms with E-state index in [4.69, 9.17) is 5.11 Å². The summed E-state index contributed by atoms with van der Waals surface area (Å²) in [7, 11) is 0. The van der Waals surface area contributed by atoms with Gasteiger partial charge in [-0.3, -0.25) is 0 Å².